The molecule has 3 aromatic rings. The lowest BCUT2D eigenvalue weighted by molar-refractivity contribution is 0.950. The maximum Gasteiger partial charge on any atom is 0.258 e. The van der Waals surface area contributed by atoms with Gasteiger partial charge in [0.2, 0.25) is 5.13 Å². The molecular weight excluding hydrogens is 330 g/mol. The highest BCUT2D eigenvalue weighted by Crippen LogP contribution is 2.27. The zero-order valence-electron chi connectivity index (χ0n) is 12.9. The molecule has 6 nitrogen and oxygen atoms in total. The first-order valence-electron chi connectivity index (χ1n) is 7.35. The highest BCUT2D eigenvalue weighted by molar-refractivity contribution is 8.00. The van der Waals surface area contributed by atoms with Gasteiger partial charge in [-0.3, -0.25) is 9.20 Å². The van der Waals surface area contributed by atoms with Gasteiger partial charge in [-0.1, -0.05) is 36.1 Å². The van der Waals surface area contributed by atoms with Gasteiger partial charge in [0.05, 0.1) is 5.69 Å². The number of pyridine rings is 1. The number of fused-ring (bicyclic) bond motifs is 1. The minimum Gasteiger partial charge on any atom is -0.360 e. The molecule has 8 heteroatoms. The average Bonchev–Trinajstić information content (AvgIpc) is 3.00. The molecule has 0 aromatic carbocycles. The molecular formula is C15H17N5OS2. The number of thioether (sulfide) groups is 1. The molecule has 0 unspecified atom stereocenters. The van der Waals surface area contributed by atoms with Crippen LogP contribution in [-0.4, -0.2) is 26.1 Å². The van der Waals surface area contributed by atoms with Crippen LogP contribution in [0.1, 0.15) is 24.6 Å². The van der Waals surface area contributed by atoms with E-state index < -0.39 is 0 Å². The van der Waals surface area contributed by atoms with E-state index in [1.165, 1.54) is 11.3 Å². The minimum absolute atomic E-state index is 0.0585. The maximum absolute atomic E-state index is 12.2. The minimum atomic E-state index is -0.0585. The van der Waals surface area contributed by atoms with Crippen LogP contribution < -0.4 is 10.9 Å². The first kappa shape index (κ1) is 15.9. The van der Waals surface area contributed by atoms with Gasteiger partial charge in [0.15, 0.2) is 4.34 Å². The Hall–Kier alpha value is -1.93. The third-order valence-electron chi connectivity index (χ3n) is 3.22. The van der Waals surface area contributed by atoms with Crippen molar-refractivity contribution in [3.05, 3.63) is 46.0 Å². The van der Waals surface area contributed by atoms with Gasteiger partial charge in [0, 0.05) is 24.6 Å². The smallest absolute Gasteiger partial charge is 0.258 e. The van der Waals surface area contributed by atoms with Gasteiger partial charge in [-0.25, -0.2) is 4.98 Å². The Bertz CT molecular complexity index is 874. The summed E-state index contributed by atoms with van der Waals surface area (Å²) >= 11 is 3.07. The molecule has 3 heterocycles. The molecule has 0 spiro atoms. The largest absolute Gasteiger partial charge is 0.360 e. The van der Waals surface area contributed by atoms with Crippen LogP contribution in [0, 0.1) is 6.92 Å². The Balaban J connectivity index is 1.75. The first-order valence-corrected chi connectivity index (χ1v) is 9.15. The summed E-state index contributed by atoms with van der Waals surface area (Å²) in [5, 5.41) is 12.3. The number of aromatic nitrogens is 4. The van der Waals surface area contributed by atoms with Crippen molar-refractivity contribution in [3.63, 3.8) is 0 Å². The zero-order chi connectivity index (χ0) is 16.2. The van der Waals surface area contributed by atoms with E-state index in [1.807, 2.05) is 19.1 Å². The Kier molecular flexibility index (Phi) is 4.92. The van der Waals surface area contributed by atoms with Crippen LogP contribution >= 0.6 is 23.1 Å². The molecule has 1 N–H and O–H groups in total. The van der Waals surface area contributed by atoms with Crippen LogP contribution in [0.4, 0.5) is 5.13 Å². The van der Waals surface area contributed by atoms with E-state index in [0.717, 1.165) is 33.7 Å². The summed E-state index contributed by atoms with van der Waals surface area (Å²) in [5.41, 5.74) is 2.39. The van der Waals surface area contributed by atoms with Gasteiger partial charge in [0.1, 0.15) is 5.65 Å². The van der Waals surface area contributed by atoms with Crippen molar-refractivity contribution in [2.45, 2.75) is 30.4 Å². The standard InChI is InChI=1S/C15H17N5OS2/c1-3-6-16-14-18-19-15(23-14)22-9-11-8-12(21)20-7-4-5-10(2)13(20)17-11/h4-5,7-8H,3,6,9H2,1-2H3,(H,16,18). The molecule has 3 aromatic heterocycles. The molecule has 0 aliphatic rings. The topological polar surface area (TPSA) is 72.2 Å². The summed E-state index contributed by atoms with van der Waals surface area (Å²) in [4.78, 5) is 16.8. The highest BCUT2D eigenvalue weighted by atomic mass is 32.2. The second-order valence-corrected chi connectivity index (χ2v) is 7.26. The number of hydrogen-bond acceptors (Lipinski definition) is 7. The normalized spacial score (nSPS) is 11.0. The van der Waals surface area contributed by atoms with Crippen LogP contribution in [0.15, 0.2) is 33.5 Å². The summed E-state index contributed by atoms with van der Waals surface area (Å²) in [6.45, 7) is 4.95. The van der Waals surface area contributed by atoms with Crippen molar-refractivity contribution >= 4 is 33.9 Å². The Morgan fingerprint density at radius 1 is 1.39 bits per heavy atom. The second-order valence-electron chi connectivity index (χ2n) is 5.06. The van der Waals surface area contributed by atoms with Crippen molar-refractivity contribution < 1.29 is 0 Å². The van der Waals surface area contributed by atoms with Gasteiger partial charge in [-0.2, -0.15) is 0 Å². The molecule has 0 amide bonds. The van der Waals surface area contributed by atoms with E-state index >= 15 is 0 Å². The lowest BCUT2D eigenvalue weighted by Crippen LogP contribution is -2.15. The molecule has 23 heavy (non-hydrogen) atoms. The molecule has 0 saturated carbocycles. The van der Waals surface area contributed by atoms with Crippen molar-refractivity contribution in [3.8, 4) is 0 Å². The quantitative estimate of drug-likeness (QED) is 0.691. The molecule has 0 aliphatic carbocycles. The molecule has 0 bridgehead atoms. The maximum atomic E-state index is 12.2. The SMILES string of the molecule is CCCNc1nnc(SCc2cc(=O)n3cccc(C)c3n2)s1. The number of anilines is 1. The summed E-state index contributed by atoms with van der Waals surface area (Å²) in [6.07, 6.45) is 2.79. The first-order chi connectivity index (χ1) is 11.2. The van der Waals surface area contributed by atoms with E-state index in [9.17, 15) is 4.79 Å². The van der Waals surface area contributed by atoms with Crippen LogP contribution in [0.2, 0.25) is 0 Å². The van der Waals surface area contributed by atoms with E-state index in [2.05, 4.69) is 27.4 Å². The third-order valence-corrected chi connectivity index (χ3v) is 5.26. The molecule has 0 atom stereocenters. The van der Waals surface area contributed by atoms with Crippen molar-refractivity contribution in [2.24, 2.45) is 0 Å². The second kappa shape index (κ2) is 7.10. The Morgan fingerprint density at radius 2 is 2.26 bits per heavy atom. The highest BCUT2D eigenvalue weighted by Gasteiger charge is 2.08. The van der Waals surface area contributed by atoms with Crippen LogP contribution in [-0.2, 0) is 5.75 Å². The van der Waals surface area contributed by atoms with Crippen molar-refractivity contribution in [1.82, 2.24) is 19.6 Å². The Labute approximate surface area is 142 Å². The number of aryl methyl sites for hydroxylation is 1. The summed E-state index contributed by atoms with van der Waals surface area (Å²) < 4.78 is 2.44. The predicted octanol–water partition coefficient (Wildman–Crippen LogP) is 2.97. The molecule has 0 saturated heterocycles. The third kappa shape index (κ3) is 3.70. The molecule has 0 aliphatic heterocycles. The van der Waals surface area contributed by atoms with Gasteiger partial charge in [-0.05, 0) is 25.0 Å². The van der Waals surface area contributed by atoms with Gasteiger partial charge in [-0.15, -0.1) is 10.2 Å². The van der Waals surface area contributed by atoms with Gasteiger partial charge >= 0.3 is 0 Å². The fourth-order valence-corrected chi connectivity index (χ4v) is 3.76. The van der Waals surface area contributed by atoms with E-state index in [-0.39, 0.29) is 5.56 Å². The van der Waals surface area contributed by atoms with Crippen LogP contribution in [0.3, 0.4) is 0 Å². The fraction of sp³-hybridized carbons (Fsp3) is 0.333. The van der Waals surface area contributed by atoms with Gasteiger partial charge in [0.25, 0.3) is 5.56 Å². The zero-order valence-corrected chi connectivity index (χ0v) is 14.6. The number of hydrogen-bond donors (Lipinski definition) is 1. The van der Waals surface area contributed by atoms with Crippen LogP contribution in [0.5, 0.6) is 0 Å². The number of nitrogens with zero attached hydrogens (tertiary/aromatic N) is 4. The Morgan fingerprint density at radius 3 is 3.09 bits per heavy atom. The predicted molar refractivity (Wildman–Crippen MR) is 94.4 cm³/mol. The molecule has 3 rings (SSSR count). The van der Waals surface area contributed by atoms with E-state index in [0.29, 0.717) is 11.4 Å². The summed E-state index contributed by atoms with van der Waals surface area (Å²) in [5.74, 6) is 0.600. The van der Waals surface area contributed by atoms with Gasteiger partial charge < -0.3 is 5.32 Å². The van der Waals surface area contributed by atoms with Crippen molar-refractivity contribution in [1.29, 1.82) is 0 Å². The summed E-state index contributed by atoms with van der Waals surface area (Å²) in [7, 11) is 0. The monoisotopic (exact) mass is 347 g/mol. The number of nitrogens with one attached hydrogen (secondary N) is 1. The lowest BCUT2D eigenvalue weighted by atomic mass is 10.3. The van der Waals surface area contributed by atoms with E-state index in [4.69, 9.17) is 0 Å². The molecule has 0 radical (unpaired) electrons. The lowest BCUT2D eigenvalue weighted by Gasteiger charge is -2.05. The number of rotatable bonds is 6. The molecule has 0 fully saturated rings. The molecule has 120 valence electrons. The van der Waals surface area contributed by atoms with E-state index in [1.54, 1.807) is 28.4 Å². The van der Waals surface area contributed by atoms with Crippen LogP contribution in [0.25, 0.3) is 5.65 Å². The average molecular weight is 347 g/mol. The fourth-order valence-electron chi connectivity index (χ4n) is 2.09. The van der Waals surface area contributed by atoms with Crippen molar-refractivity contribution in [2.75, 3.05) is 11.9 Å². The summed E-state index contributed by atoms with van der Waals surface area (Å²) in [6, 6.07) is 5.39.